The fraction of sp³-hybridized carbons (Fsp3) is 0.333. The van der Waals surface area contributed by atoms with E-state index in [2.05, 4.69) is 0 Å². The summed E-state index contributed by atoms with van der Waals surface area (Å²) in [5.41, 5.74) is 0.567. The minimum Gasteiger partial charge on any atom is -0.504 e. The standard InChI is InChI=1S/C21H24N2O5S/c1-22(2)9-5-10-23-18(13-7-8-15(28-3)14(24)12-13)17(20(26)21(23)27)19(25)16-6-4-11-29-16/h4,6-8,11-12,18,24,26H,5,9-10H2,1-3H3. The van der Waals surface area contributed by atoms with Gasteiger partial charge in [-0.15, -0.1) is 11.3 Å². The molecule has 0 fully saturated rings. The molecular weight excluding hydrogens is 392 g/mol. The van der Waals surface area contributed by atoms with E-state index < -0.39 is 17.7 Å². The molecule has 3 rings (SSSR count). The fourth-order valence-electron chi connectivity index (χ4n) is 3.44. The number of hydrogen-bond donors (Lipinski definition) is 2. The molecule has 1 amide bonds. The Kier molecular flexibility index (Phi) is 6.24. The average molecular weight is 416 g/mol. The van der Waals surface area contributed by atoms with Crippen LogP contribution in [0.1, 0.15) is 27.7 Å². The smallest absolute Gasteiger partial charge is 0.290 e. The van der Waals surface area contributed by atoms with E-state index in [1.165, 1.54) is 29.4 Å². The van der Waals surface area contributed by atoms with Crippen molar-refractivity contribution in [3.63, 3.8) is 0 Å². The maximum atomic E-state index is 13.1. The summed E-state index contributed by atoms with van der Waals surface area (Å²) in [5.74, 6) is -1.31. The molecule has 0 aliphatic carbocycles. The van der Waals surface area contributed by atoms with E-state index in [4.69, 9.17) is 4.74 Å². The number of amides is 1. The van der Waals surface area contributed by atoms with Crippen LogP contribution in [0.3, 0.4) is 0 Å². The van der Waals surface area contributed by atoms with Crippen molar-refractivity contribution in [1.82, 2.24) is 9.80 Å². The molecule has 29 heavy (non-hydrogen) atoms. The molecule has 0 spiro atoms. The summed E-state index contributed by atoms with van der Waals surface area (Å²) in [6, 6.07) is 7.36. The number of hydrogen-bond acceptors (Lipinski definition) is 7. The molecule has 1 aromatic carbocycles. The highest BCUT2D eigenvalue weighted by Gasteiger charge is 2.43. The number of phenolic OH excluding ortho intramolecular Hbond substituents is 1. The van der Waals surface area contributed by atoms with Crippen LogP contribution in [0.25, 0.3) is 0 Å². The Hall–Kier alpha value is -2.84. The van der Waals surface area contributed by atoms with E-state index in [0.717, 1.165) is 6.54 Å². The molecule has 0 radical (unpaired) electrons. The molecule has 0 bridgehead atoms. The van der Waals surface area contributed by atoms with Gasteiger partial charge in [0, 0.05) is 6.54 Å². The number of ketones is 1. The Bertz CT molecular complexity index is 937. The molecule has 1 atom stereocenters. The van der Waals surface area contributed by atoms with E-state index in [1.54, 1.807) is 29.6 Å². The summed E-state index contributed by atoms with van der Waals surface area (Å²) in [7, 11) is 5.32. The molecule has 1 aliphatic rings. The van der Waals surface area contributed by atoms with Gasteiger partial charge in [-0.2, -0.15) is 0 Å². The van der Waals surface area contributed by atoms with Crippen molar-refractivity contribution in [2.45, 2.75) is 12.5 Å². The molecule has 2 aromatic rings. The van der Waals surface area contributed by atoms with E-state index in [-0.39, 0.29) is 22.9 Å². The number of benzene rings is 1. The fourth-order valence-corrected chi connectivity index (χ4v) is 4.12. The number of rotatable bonds is 8. The molecule has 1 aromatic heterocycles. The van der Waals surface area contributed by atoms with Gasteiger partial charge in [-0.3, -0.25) is 9.59 Å². The lowest BCUT2D eigenvalue weighted by Gasteiger charge is -2.27. The topological polar surface area (TPSA) is 90.3 Å². The first kappa shape index (κ1) is 20.9. The largest absolute Gasteiger partial charge is 0.504 e. The van der Waals surface area contributed by atoms with Gasteiger partial charge in [-0.25, -0.2) is 0 Å². The van der Waals surface area contributed by atoms with Crippen LogP contribution in [-0.2, 0) is 4.79 Å². The number of nitrogens with zero attached hydrogens (tertiary/aromatic N) is 2. The number of thiophene rings is 1. The Balaban J connectivity index is 2.03. The lowest BCUT2D eigenvalue weighted by Crippen LogP contribution is -2.33. The number of aliphatic hydroxyl groups is 1. The molecule has 8 heteroatoms. The molecule has 154 valence electrons. The van der Waals surface area contributed by atoms with Crippen LogP contribution in [0.15, 0.2) is 47.0 Å². The maximum Gasteiger partial charge on any atom is 0.290 e. The summed E-state index contributed by atoms with van der Waals surface area (Å²) in [4.78, 5) is 29.9. The van der Waals surface area contributed by atoms with Gasteiger partial charge in [-0.1, -0.05) is 12.1 Å². The van der Waals surface area contributed by atoms with Crippen molar-refractivity contribution in [2.24, 2.45) is 0 Å². The third kappa shape index (κ3) is 4.13. The number of carbonyl (C=O) groups excluding carboxylic acids is 2. The van der Waals surface area contributed by atoms with Crippen molar-refractivity contribution in [2.75, 3.05) is 34.3 Å². The van der Waals surface area contributed by atoms with Crippen molar-refractivity contribution in [1.29, 1.82) is 0 Å². The van der Waals surface area contributed by atoms with Gasteiger partial charge < -0.3 is 24.7 Å². The third-order valence-corrected chi connectivity index (χ3v) is 5.68. The predicted octanol–water partition coefficient (Wildman–Crippen LogP) is 2.99. The first-order valence-electron chi connectivity index (χ1n) is 9.19. The Morgan fingerprint density at radius 1 is 1.28 bits per heavy atom. The first-order valence-corrected chi connectivity index (χ1v) is 10.1. The zero-order chi connectivity index (χ0) is 21.1. The van der Waals surface area contributed by atoms with E-state index in [9.17, 15) is 19.8 Å². The second-order valence-corrected chi connectivity index (χ2v) is 8.01. The van der Waals surface area contributed by atoms with Gasteiger partial charge in [0.2, 0.25) is 5.78 Å². The highest BCUT2D eigenvalue weighted by molar-refractivity contribution is 7.12. The van der Waals surface area contributed by atoms with Crippen molar-refractivity contribution in [3.8, 4) is 11.5 Å². The zero-order valence-corrected chi connectivity index (χ0v) is 17.4. The van der Waals surface area contributed by atoms with Gasteiger partial charge in [0.1, 0.15) is 0 Å². The molecule has 0 saturated carbocycles. The second kappa shape index (κ2) is 8.67. The van der Waals surface area contributed by atoms with Crippen molar-refractivity contribution >= 4 is 23.0 Å². The maximum absolute atomic E-state index is 13.1. The van der Waals surface area contributed by atoms with Gasteiger partial charge in [0.25, 0.3) is 5.91 Å². The second-order valence-electron chi connectivity index (χ2n) is 7.06. The molecule has 0 saturated heterocycles. The lowest BCUT2D eigenvalue weighted by atomic mass is 9.95. The number of aliphatic hydroxyl groups excluding tert-OH is 1. The minimum absolute atomic E-state index is 0.0341. The number of ether oxygens (including phenoxy) is 1. The van der Waals surface area contributed by atoms with Crippen LogP contribution in [-0.4, -0.2) is 66.0 Å². The van der Waals surface area contributed by atoms with E-state index in [1.807, 2.05) is 19.0 Å². The lowest BCUT2D eigenvalue weighted by molar-refractivity contribution is -0.129. The number of aromatic hydroxyl groups is 1. The Morgan fingerprint density at radius 2 is 2.03 bits per heavy atom. The number of methoxy groups -OCH3 is 1. The van der Waals surface area contributed by atoms with Crippen molar-refractivity contribution in [3.05, 3.63) is 57.5 Å². The van der Waals surface area contributed by atoms with Crippen LogP contribution in [0.4, 0.5) is 0 Å². The first-order chi connectivity index (χ1) is 13.8. The number of phenols is 1. The van der Waals surface area contributed by atoms with Gasteiger partial charge in [-0.05, 0) is 56.2 Å². The molecule has 1 aliphatic heterocycles. The Morgan fingerprint density at radius 3 is 2.62 bits per heavy atom. The van der Waals surface area contributed by atoms with Crippen LogP contribution in [0.2, 0.25) is 0 Å². The van der Waals surface area contributed by atoms with Crippen LogP contribution >= 0.6 is 11.3 Å². The van der Waals surface area contributed by atoms with Crippen LogP contribution in [0, 0.1) is 0 Å². The molecule has 7 nitrogen and oxygen atoms in total. The predicted molar refractivity (Wildman–Crippen MR) is 111 cm³/mol. The zero-order valence-electron chi connectivity index (χ0n) is 16.6. The summed E-state index contributed by atoms with van der Waals surface area (Å²) in [6.45, 7) is 1.11. The van der Waals surface area contributed by atoms with E-state index in [0.29, 0.717) is 23.4 Å². The Labute approximate surface area is 173 Å². The number of carbonyl (C=O) groups is 2. The SMILES string of the molecule is COc1ccc(C2C(C(=O)c3cccs3)=C(O)C(=O)N2CCCN(C)C)cc1O. The van der Waals surface area contributed by atoms with Gasteiger partial charge in [0.15, 0.2) is 17.3 Å². The van der Waals surface area contributed by atoms with Crippen molar-refractivity contribution < 1.29 is 24.5 Å². The third-order valence-electron chi connectivity index (χ3n) is 4.82. The normalized spacial score (nSPS) is 16.8. The quantitative estimate of drug-likeness (QED) is 0.643. The summed E-state index contributed by atoms with van der Waals surface area (Å²) in [5, 5.41) is 22.6. The highest BCUT2D eigenvalue weighted by Crippen LogP contribution is 2.41. The summed E-state index contributed by atoms with van der Waals surface area (Å²) >= 11 is 1.25. The number of Topliss-reactive ketones (excluding diaryl/α,β-unsaturated/α-hetero) is 1. The molecule has 2 N–H and O–H groups in total. The average Bonchev–Trinajstić information content (AvgIpc) is 3.30. The summed E-state index contributed by atoms with van der Waals surface area (Å²) in [6.07, 6.45) is 0.672. The van der Waals surface area contributed by atoms with Crippen LogP contribution in [0.5, 0.6) is 11.5 Å². The summed E-state index contributed by atoms with van der Waals surface area (Å²) < 4.78 is 5.09. The van der Waals surface area contributed by atoms with Gasteiger partial charge >= 0.3 is 0 Å². The van der Waals surface area contributed by atoms with Gasteiger partial charge in [0.05, 0.1) is 23.6 Å². The molecule has 1 unspecified atom stereocenters. The van der Waals surface area contributed by atoms with Crippen LogP contribution < -0.4 is 4.74 Å². The monoisotopic (exact) mass is 416 g/mol. The van der Waals surface area contributed by atoms with E-state index >= 15 is 0 Å². The highest BCUT2D eigenvalue weighted by atomic mass is 32.1. The minimum atomic E-state index is -0.781. The molecular formula is C21H24N2O5S. The molecule has 2 heterocycles.